The Morgan fingerprint density at radius 2 is 2.28 bits per heavy atom. The maximum Gasteiger partial charge on any atom is 0.267 e. The van der Waals surface area contributed by atoms with Crippen LogP contribution in [0.4, 0.5) is 0 Å². The van der Waals surface area contributed by atoms with E-state index in [4.69, 9.17) is 0 Å². The molecule has 1 rings (SSSR count). The van der Waals surface area contributed by atoms with Crippen LogP contribution in [0.3, 0.4) is 0 Å². The maximum atomic E-state index is 12.0. The number of carbonyl (C=O) groups excluding carboxylic acids is 1. The van der Waals surface area contributed by atoms with Crippen LogP contribution >= 0.6 is 15.9 Å². The molecule has 0 aliphatic heterocycles. The molecule has 0 fully saturated rings. The number of hydrogen-bond acceptors (Lipinski definition) is 2. The lowest BCUT2D eigenvalue weighted by atomic mass is 10.2. The van der Waals surface area contributed by atoms with Crippen molar-refractivity contribution in [2.24, 2.45) is 0 Å². The number of aryl methyl sites for hydroxylation is 1. The highest BCUT2D eigenvalue weighted by Crippen LogP contribution is 2.15. The summed E-state index contributed by atoms with van der Waals surface area (Å²) in [5, 5.41) is 12.3. The van der Waals surface area contributed by atoms with E-state index in [1.807, 2.05) is 23.8 Å². The molecule has 1 heterocycles. The molecule has 1 amide bonds. The largest absolute Gasteiger partial charge is 0.393 e. The van der Waals surface area contributed by atoms with Gasteiger partial charge in [-0.15, -0.1) is 0 Å². The zero-order valence-corrected chi connectivity index (χ0v) is 12.5. The Balaban J connectivity index is 2.55. The van der Waals surface area contributed by atoms with Gasteiger partial charge in [0, 0.05) is 23.8 Å². The summed E-state index contributed by atoms with van der Waals surface area (Å²) in [5.41, 5.74) is 0.662. The number of amides is 1. The molecule has 2 N–H and O–H groups in total. The average Bonchev–Trinajstić information content (AvgIpc) is 2.70. The van der Waals surface area contributed by atoms with Gasteiger partial charge in [-0.05, 0) is 41.3 Å². The molecule has 0 aliphatic carbocycles. The van der Waals surface area contributed by atoms with E-state index in [0.717, 1.165) is 17.4 Å². The topological polar surface area (TPSA) is 54.3 Å². The summed E-state index contributed by atoms with van der Waals surface area (Å²) in [6.07, 6.45) is 3.88. The van der Waals surface area contributed by atoms with Crippen LogP contribution < -0.4 is 5.32 Å². The van der Waals surface area contributed by atoms with Crippen LogP contribution in [0.15, 0.2) is 16.7 Å². The van der Waals surface area contributed by atoms with E-state index in [2.05, 4.69) is 28.2 Å². The van der Waals surface area contributed by atoms with E-state index in [1.165, 1.54) is 0 Å². The fraction of sp³-hybridized carbons (Fsp3) is 0.615. The second-order valence-corrected chi connectivity index (χ2v) is 5.26. The number of aromatic nitrogens is 1. The Hall–Kier alpha value is -0.810. The van der Waals surface area contributed by atoms with Crippen LogP contribution in [-0.4, -0.2) is 28.2 Å². The third kappa shape index (κ3) is 4.46. The number of hydrogen-bond donors (Lipinski definition) is 2. The molecule has 5 heteroatoms. The number of rotatable bonds is 7. The molecule has 1 aromatic heterocycles. The van der Waals surface area contributed by atoms with Crippen molar-refractivity contribution in [3.63, 3.8) is 0 Å². The summed E-state index contributed by atoms with van der Waals surface area (Å²) in [7, 11) is 0. The van der Waals surface area contributed by atoms with Gasteiger partial charge in [0.15, 0.2) is 0 Å². The summed E-state index contributed by atoms with van der Waals surface area (Å²) in [6, 6.07) is 1.82. The standard InChI is InChI=1S/C13H21BrN2O2/c1-3-7-16-9-10(14)8-12(16)13(18)15-6-5-11(17)4-2/h8-9,11,17H,3-7H2,1-2H3,(H,15,18). The number of aliphatic hydroxyl groups is 1. The van der Waals surface area contributed by atoms with Crippen LogP contribution in [-0.2, 0) is 6.54 Å². The minimum absolute atomic E-state index is 0.0857. The van der Waals surface area contributed by atoms with Gasteiger partial charge >= 0.3 is 0 Å². The molecule has 1 aromatic rings. The van der Waals surface area contributed by atoms with Gasteiger partial charge in [-0.2, -0.15) is 0 Å². The fourth-order valence-electron chi connectivity index (χ4n) is 1.74. The Morgan fingerprint density at radius 1 is 1.56 bits per heavy atom. The van der Waals surface area contributed by atoms with Gasteiger partial charge in [-0.1, -0.05) is 13.8 Å². The first-order valence-electron chi connectivity index (χ1n) is 6.40. The molecule has 4 nitrogen and oxygen atoms in total. The molecule has 0 spiro atoms. The smallest absolute Gasteiger partial charge is 0.267 e. The lowest BCUT2D eigenvalue weighted by Crippen LogP contribution is -2.28. The van der Waals surface area contributed by atoms with E-state index < -0.39 is 0 Å². The Morgan fingerprint density at radius 3 is 2.89 bits per heavy atom. The number of nitrogens with zero attached hydrogens (tertiary/aromatic N) is 1. The van der Waals surface area contributed by atoms with Crippen molar-refractivity contribution >= 4 is 21.8 Å². The Labute approximate surface area is 117 Å². The Bertz CT molecular complexity index is 390. The molecule has 1 atom stereocenters. The lowest BCUT2D eigenvalue weighted by molar-refractivity contribution is 0.0932. The van der Waals surface area contributed by atoms with Gasteiger partial charge in [0.2, 0.25) is 0 Å². The molecule has 1 unspecified atom stereocenters. The van der Waals surface area contributed by atoms with Crippen LogP contribution in [0, 0.1) is 0 Å². The molecule has 0 saturated heterocycles. The molecule has 0 radical (unpaired) electrons. The van der Waals surface area contributed by atoms with E-state index in [-0.39, 0.29) is 12.0 Å². The lowest BCUT2D eigenvalue weighted by Gasteiger charge is -2.10. The van der Waals surface area contributed by atoms with Gasteiger partial charge in [-0.25, -0.2) is 0 Å². The molecule has 0 saturated carbocycles. The van der Waals surface area contributed by atoms with Crippen molar-refractivity contribution in [3.8, 4) is 0 Å². The van der Waals surface area contributed by atoms with E-state index in [1.54, 1.807) is 0 Å². The molecule has 102 valence electrons. The van der Waals surface area contributed by atoms with Crippen molar-refractivity contribution in [1.82, 2.24) is 9.88 Å². The van der Waals surface area contributed by atoms with Crippen LogP contribution in [0.2, 0.25) is 0 Å². The normalized spacial score (nSPS) is 12.4. The van der Waals surface area contributed by atoms with Crippen LogP contribution in [0.1, 0.15) is 43.6 Å². The zero-order chi connectivity index (χ0) is 13.5. The number of aliphatic hydroxyl groups excluding tert-OH is 1. The van der Waals surface area contributed by atoms with Crippen molar-refractivity contribution in [2.75, 3.05) is 6.54 Å². The molecule has 0 bridgehead atoms. The second kappa shape index (κ2) is 7.59. The summed E-state index contributed by atoms with van der Waals surface area (Å²) in [6.45, 7) is 5.33. The highest BCUT2D eigenvalue weighted by Gasteiger charge is 2.12. The third-order valence-corrected chi connectivity index (χ3v) is 3.23. The van der Waals surface area contributed by atoms with Gasteiger partial charge < -0.3 is 15.0 Å². The summed E-state index contributed by atoms with van der Waals surface area (Å²) < 4.78 is 2.85. The number of nitrogens with one attached hydrogen (secondary N) is 1. The van der Waals surface area contributed by atoms with Gasteiger partial charge in [-0.3, -0.25) is 4.79 Å². The predicted octanol–water partition coefficient (Wildman–Crippen LogP) is 2.55. The SMILES string of the molecule is CCCn1cc(Br)cc1C(=O)NCCC(O)CC. The summed E-state index contributed by atoms with van der Waals surface area (Å²) >= 11 is 3.38. The number of carbonyl (C=O) groups is 1. The Kier molecular flexibility index (Phi) is 6.43. The van der Waals surface area contributed by atoms with E-state index in [9.17, 15) is 9.90 Å². The van der Waals surface area contributed by atoms with Crippen molar-refractivity contribution < 1.29 is 9.90 Å². The first-order valence-corrected chi connectivity index (χ1v) is 7.19. The van der Waals surface area contributed by atoms with Crippen LogP contribution in [0.5, 0.6) is 0 Å². The van der Waals surface area contributed by atoms with Crippen molar-refractivity contribution in [2.45, 2.75) is 45.8 Å². The maximum absolute atomic E-state index is 12.0. The molecular formula is C13H21BrN2O2. The molecular weight excluding hydrogens is 296 g/mol. The zero-order valence-electron chi connectivity index (χ0n) is 10.9. The first-order chi connectivity index (χ1) is 8.58. The quantitative estimate of drug-likeness (QED) is 0.812. The number of halogens is 1. The van der Waals surface area contributed by atoms with Crippen LogP contribution in [0.25, 0.3) is 0 Å². The summed E-state index contributed by atoms with van der Waals surface area (Å²) in [4.78, 5) is 12.0. The van der Waals surface area contributed by atoms with E-state index >= 15 is 0 Å². The van der Waals surface area contributed by atoms with Gasteiger partial charge in [0.25, 0.3) is 5.91 Å². The van der Waals surface area contributed by atoms with E-state index in [0.29, 0.717) is 25.1 Å². The average molecular weight is 317 g/mol. The predicted molar refractivity (Wildman–Crippen MR) is 75.7 cm³/mol. The minimum atomic E-state index is -0.334. The highest BCUT2D eigenvalue weighted by atomic mass is 79.9. The monoisotopic (exact) mass is 316 g/mol. The van der Waals surface area contributed by atoms with Crippen molar-refractivity contribution in [1.29, 1.82) is 0 Å². The molecule has 18 heavy (non-hydrogen) atoms. The van der Waals surface area contributed by atoms with Gasteiger partial charge in [0.05, 0.1) is 6.10 Å². The third-order valence-electron chi connectivity index (χ3n) is 2.79. The summed E-state index contributed by atoms with van der Waals surface area (Å²) in [5.74, 6) is -0.0857. The highest BCUT2D eigenvalue weighted by molar-refractivity contribution is 9.10. The second-order valence-electron chi connectivity index (χ2n) is 4.34. The molecule has 0 aliphatic rings. The molecule has 0 aromatic carbocycles. The van der Waals surface area contributed by atoms with Crippen molar-refractivity contribution in [3.05, 3.63) is 22.4 Å². The minimum Gasteiger partial charge on any atom is -0.393 e. The first kappa shape index (κ1) is 15.2. The van der Waals surface area contributed by atoms with Gasteiger partial charge in [0.1, 0.15) is 5.69 Å². The fourth-order valence-corrected chi connectivity index (χ4v) is 2.20.